The molecule has 1 fully saturated rings. The average molecular weight is 424 g/mol. The Hall–Kier alpha value is -1.91. The third-order valence-corrected chi connectivity index (χ3v) is 11.6. The molecule has 0 N–H and O–H groups in total. The van der Waals surface area contributed by atoms with E-state index in [0.717, 1.165) is 25.8 Å². The van der Waals surface area contributed by atoms with E-state index < -0.39 is 8.32 Å². The number of hydrogen-bond acceptors (Lipinski definition) is 2. The maximum atomic E-state index is 13.7. The molecule has 1 amide bonds. The van der Waals surface area contributed by atoms with Crippen LogP contribution in [-0.4, -0.2) is 32.3 Å². The summed E-state index contributed by atoms with van der Waals surface area (Å²) in [6.45, 7) is 13.5. The van der Waals surface area contributed by atoms with Crippen LogP contribution in [0.1, 0.15) is 44.7 Å². The molecule has 1 unspecified atom stereocenters. The highest BCUT2D eigenvalue weighted by Crippen LogP contribution is 2.41. The number of hydrogen-bond donors (Lipinski definition) is 0. The number of benzene rings is 2. The number of nitrogens with zero attached hydrogens (tertiary/aromatic N) is 1. The summed E-state index contributed by atoms with van der Waals surface area (Å²) >= 11 is 0. The Labute approximate surface area is 183 Å². The van der Waals surface area contributed by atoms with E-state index in [4.69, 9.17) is 4.43 Å². The van der Waals surface area contributed by atoms with Crippen molar-refractivity contribution in [3.05, 3.63) is 71.8 Å². The highest BCUT2D eigenvalue weighted by atomic mass is 28.4. The van der Waals surface area contributed by atoms with Crippen LogP contribution in [0.15, 0.2) is 60.7 Å². The van der Waals surface area contributed by atoms with Gasteiger partial charge in [-0.25, -0.2) is 0 Å². The summed E-state index contributed by atoms with van der Waals surface area (Å²) in [5, 5.41) is 0.179. The van der Waals surface area contributed by atoms with Gasteiger partial charge in [0.1, 0.15) is 0 Å². The van der Waals surface area contributed by atoms with Gasteiger partial charge in [-0.3, -0.25) is 4.79 Å². The predicted octanol–water partition coefficient (Wildman–Crippen LogP) is 6.06. The average Bonchev–Trinajstić information content (AvgIpc) is 2.98. The zero-order chi connectivity index (χ0) is 21.8. The predicted molar refractivity (Wildman–Crippen MR) is 127 cm³/mol. The summed E-state index contributed by atoms with van der Waals surface area (Å²) in [6, 6.07) is 20.8. The van der Waals surface area contributed by atoms with Crippen molar-refractivity contribution in [1.82, 2.24) is 4.90 Å². The zero-order valence-corrected chi connectivity index (χ0v) is 20.3. The van der Waals surface area contributed by atoms with Gasteiger partial charge < -0.3 is 9.33 Å². The van der Waals surface area contributed by atoms with E-state index in [-0.39, 0.29) is 16.4 Å². The highest BCUT2D eigenvalue weighted by Gasteiger charge is 2.47. The number of carbonyl (C=O) groups is 1. The monoisotopic (exact) mass is 423 g/mol. The number of likely N-dealkylation sites (tertiary alicyclic amines) is 1. The first kappa shape index (κ1) is 22.8. The molecule has 1 saturated heterocycles. The van der Waals surface area contributed by atoms with Gasteiger partial charge in [0.15, 0.2) is 8.32 Å². The standard InChI is InChI=1S/C26H37NO2Si/c1-25(2,3)30(4,5)29-19-17-26(20-22-12-8-6-9-13-22)16-18-27(24(26)28)21-23-14-10-7-11-15-23/h6-15H,16-21H2,1-5H3. The Kier molecular flexibility index (Phi) is 6.88. The lowest BCUT2D eigenvalue weighted by Gasteiger charge is -2.37. The van der Waals surface area contributed by atoms with Gasteiger partial charge in [-0.05, 0) is 48.5 Å². The van der Waals surface area contributed by atoms with Gasteiger partial charge in [0.05, 0.1) is 5.41 Å². The summed E-state index contributed by atoms with van der Waals surface area (Å²) < 4.78 is 6.49. The summed E-state index contributed by atoms with van der Waals surface area (Å²) in [6.07, 6.45) is 2.48. The summed E-state index contributed by atoms with van der Waals surface area (Å²) in [5.41, 5.74) is 2.07. The van der Waals surface area contributed by atoms with Crippen molar-refractivity contribution < 1.29 is 9.22 Å². The minimum atomic E-state index is -1.83. The molecule has 0 aliphatic carbocycles. The Bertz CT molecular complexity index is 829. The van der Waals surface area contributed by atoms with Gasteiger partial charge >= 0.3 is 0 Å². The molecule has 1 aliphatic rings. The molecule has 3 nitrogen and oxygen atoms in total. The molecule has 30 heavy (non-hydrogen) atoms. The Morgan fingerprint density at radius 1 is 0.967 bits per heavy atom. The van der Waals surface area contributed by atoms with E-state index in [0.29, 0.717) is 13.2 Å². The van der Waals surface area contributed by atoms with Crippen molar-refractivity contribution in [1.29, 1.82) is 0 Å². The second kappa shape index (κ2) is 9.07. The van der Waals surface area contributed by atoms with Crippen LogP contribution in [0.3, 0.4) is 0 Å². The maximum Gasteiger partial charge on any atom is 0.229 e. The van der Waals surface area contributed by atoms with E-state index >= 15 is 0 Å². The lowest BCUT2D eigenvalue weighted by atomic mass is 9.77. The highest BCUT2D eigenvalue weighted by molar-refractivity contribution is 6.74. The quantitative estimate of drug-likeness (QED) is 0.483. The van der Waals surface area contributed by atoms with Crippen LogP contribution in [0.5, 0.6) is 0 Å². The molecule has 3 rings (SSSR count). The van der Waals surface area contributed by atoms with Crippen LogP contribution in [0, 0.1) is 5.41 Å². The third kappa shape index (κ3) is 5.22. The molecule has 162 valence electrons. The van der Waals surface area contributed by atoms with Crippen LogP contribution >= 0.6 is 0 Å². The number of rotatable bonds is 8. The van der Waals surface area contributed by atoms with E-state index in [1.807, 2.05) is 29.2 Å². The van der Waals surface area contributed by atoms with E-state index in [9.17, 15) is 4.79 Å². The first-order valence-corrected chi connectivity index (χ1v) is 14.1. The minimum Gasteiger partial charge on any atom is -0.417 e. The van der Waals surface area contributed by atoms with E-state index in [1.165, 1.54) is 11.1 Å². The molecule has 1 aliphatic heterocycles. The van der Waals surface area contributed by atoms with Crippen molar-refractivity contribution in [2.24, 2.45) is 5.41 Å². The van der Waals surface area contributed by atoms with Crippen molar-refractivity contribution in [3.8, 4) is 0 Å². The maximum absolute atomic E-state index is 13.7. The fraction of sp³-hybridized carbons (Fsp3) is 0.500. The molecular weight excluding hydrogens is 386 g/mol. The van der Waals surface area contributed by atoms with Crippen molar-refractivity contribution >= 4 is 14.2 Å². The summed E-state index contributed by atoms with van der Waals surface area (Å²) in [7, 11) is -1.83. The fourth-order valence-electron chi connectivity index (χ4n) is 4.04. The van der Waals surface area contributed by atoms with Crippen LogP contribution < -0.4 is 0 Å². The largest absolute Gasteiger partial charge is 0.417 e. The van der Waals surface area contributed by atoms with Crippen LogP contribution in [-0.2, 0) is 22.2 Å². The second-order valence-corrected chi connectivity index (χ2v) is 15.1. The molecule has 2 aromatic carbocycles. The molecule has 0 aromatic heterocycles. The van der Waals surface area contributed by atoms with E-state index in [1.54, 1.807) is 0 Å². The van der Waals surface area contributed by atoms with Gasteiger partial charge in [-0.2, -0.15) is 0 Å². The Morgan fingerprint density at radius 2 is 1.53 bits per heavy atom. The fourth-order valence-corrected chi connectivity index (χ4v) is 5.08. The van der Waals surface area contributed by atoms with Crippen LogP contribution in [0.2, 0.25) is 18.1 Å². The molecule has 1 atom stereocenters. The zero-order valence-electron chi connectivity index (χ0n) is 19.3. The lowest BCUT2D eigenvalue weighted by Crippen LogP contribution is -2.43. The topological polar surface area (TPSA) is 29.5 Å². The molecule has 0 saturated carbocycles. The van der Waals surface area contributed by atoms with Gasteiger partial charge in [0.2, 0.25) is 5.91 Å². The molecular formula is C26H37NO2Si. The molecule has 1 heterocycles. The van der Waals surface area contributed by atoms with E-state index in [2.05, 4.69) is 70.3 Å². The third-order valence-electron chi connectivity index (χ3n) is 7.05. The second-order valence-electron chi connectivity index (χ2n) is 10.3. The lowest BCUT2D eigenvalue weighted by molar-refractivity contribution is -0.137. The first-order chi connectivity index (χ1) is 14.1. The Balaban J connectivity index is 1.76. The van der Waals surface area contributed by atoms with Gasteiger partial charge in [-0.15, -0.1) is 0 Å². The number of carbonyl (C=O) groups excluding carboxylic acids is 1. The number of amides is 1. The first-order valence-electron chi connectivity index (χ1n) is 11.1. The molecule has 0 bridgehead atoms. The molecule has 2 aromatic rings. The van der Waals surface area contributed by atoms with Crippen LogP contribution in [0.25, 0.3) is 0 Å². The van der Waals surface area contributed by atoms with Crippen LogP contribution in [0.4, 0.5) is 0 Å². The molecule has 0 radical (unpaired) electrons. The minimum absolute atomic E-state index is 0.179. The molecule has 4 heteroatoms. The van der Waals surface area contributed by atoms with Crippen molar-refractivity contribution in [2.45, 2.75) is 64.7 Å². The molecule has 0 spiro atoms. The van der Waals surface area contributed by atoms with Crippen molar-refractivity contribution in [2.75, 3.05) is 13.2 Å². The SMILES string of the molecule is CC(C)(C)[Si](C)(C)OCCC1(Cc2ccccc2)CCN(Cc2ccccc2)C1=O. The normalized spacial score (nSPS) is 20.0. The summed E-state index contributed by atoms with van der Waals surface area (Å²) in [4.78, 5) is 15.7. The van der Waals surface area contributed by atoms with Gasteiger partial charge in [0, 0.05) is 19.7 Å². The summed E-state index contributed by atoms with van der Waals surface area (Å²) in [5.74, 6) is 0.286. The smallest absolute Gasteiger partial charge is 0.229 e. The van der Waals surface area contributed by atoms with Gasteiger partial charge in [0.25, 0.3) is 0 Å². The van der Waals surface area contributed by atoms with Gasteiger partial charge in [-0.1, -0.05) is 81.4 Å². The van der Waals surface area contributed by atoms with Crippen molar-refractivity contribution in [3.63, 3.8) is 0 Å². The Morgan fingerprint density at radius 3 is 2.10 bits per heavy atom.